The van der Waals surface area contributed by atoms with E-state index < -0.39 is 35.2 Å². The Morgan fingerprint density at radius 2 is 1.54 bits per heavy atom. The van der Waals surface area contributed by atoms with Crippen molar-refractivity contribution >= 4 is 23.9 Å². The van der Waals surface area contributed by atoms with Crippen LogP contribution in [0.4, 0.5) is 4.79 Å². The zero-order valence-electron chi connectivity index (χ0n) is 24.6. The zero-order valence-corrected chi connectivity index (χ0v) is 24.6. The molecule has 220 valence electrons. The summed E-state index contributed by atoms with van der Waals surface area (Å²) in [5.74, 6) is -1.90. The van der Waals surface area contributed by atoms with Crippen LogP contribution in [0.2, 0.25) is 0 Å². The first-order chi connectivity index (χ1) is 19.3. The van der Waals surface area contributed by atoms with Crippen LogP contribution in [0.1, 0.15) is 64.2 Å². The highest BCUT2D eigenvalue weighted by atomic mass is 16.6. The molecule has 0 unspecified atom stereocenters. The van der Waals surface area contributed by atoms with E-state index >= 15 is 0 Å². The number of fused-ring (bicyclic) bond motifs is 1. The van der Waals surface area contributed by atoms with Gasteiger partial charge in [-0.25, -0.2) is 9.59 Å². The van der Waals surface area contributed by atoms with E-state index in [4.69, 9.17) is 4.74 Å². The summed E-state index contributed by atoms with van der Waals surface area (Å²) in [6.45, 7) is 9.77. The van der Waals surface area contributed by atoms with E-state index in [0.29, 0.717) is 32.4 Å². The van der Waals surface area contributed by atoms with Gasteiger partial charge >= 0.3 is 12.1 Å². The van der Waals surface area contributed by atoms with E-state index in [0.717, 1.165) is 16.7 Å². The first-order valence-corrected chi connectivity index (χ1v) is 14.3. The Morgan fingerprint density at radius 1 is 0.951 bits per heavy atom. The Kier molecular flexibility index (Phi) is 8.75. The molecule has 2 aromatic rings. The molecule has 2 atom stereocenters. The molecule has 0 saturated carbocycles. The van der Waals surface area contributed by atoms with Crippen LogP contribution in [0.15, 0.2) is 54.6 Å². The predicted octanol–water partition coefficient (Wildman–Crippen LogP) is 4.13. The first kappa shape index (κ1) is 30.1. The Hall–Kier alpha value is -3.88. The number of nitrogens with one attached hydrogen (secondary N) is 1. The fourth-order valence-corrected chi connectivity index (χ4v) is 5.77. The Bertz CT molecular complexity index is 1280. The normalized spacial score (nSPS) is 19.2. The number of rotatable bonds is 6. The lowest BCUT2D eigenvalue weighted by molar-refractivity contribution is -0.145. The average molecular weight is 564 g/mol. The Balaban J connectivity index is 1.58. The third-order valence-corrected chi connectivity index (χ3v) is 8.07. The van der Waals surface area contributed by atoms with Gasteiger partial charge in [-0.1, -0.05) is 68.4 Å². The summed E-state index contributed by atoms with van der Waals surface area (Å²) >= 11 is 0. The highest BCUT2D eigenvalue weighted by molar-refractivity contribution is 5.92. The number of nitrogens with zero attached hydrogens (tertiary/aromatic N) is 2. The van der Waals surface area contributed by atoms with Gasteiger partial charge in [-0.15, -0.1) is 0 Å². The van der Waals surface area contributed by atoms with Crippen LogP contribution in [-0.2, 0) is 37.5 Å². The summed E-state index contributed by atoms with van der Waals surface area (Å²) in [6.07, 6.45) is 0.501. The lowest BCUT2D eigenvalue weighted by Crippen LogP contribution is -2.59. The van der Waals surface area contributed by atoms with Crippen LogP contribution in [0.5, 0.6) is 0 Å². The molecule has 2 aliphatic heterocycles. The number of benzene rings is 2. The maximum absolute atomic E-state index is 14.0. The molecular formula is C32H41N3O6. The second-order valence-electron chi connectivity index (χ2n) is 12.4. The van der Waals surface area contributed by atoms with Crippen molar-refractivity contribution in [1.29, 1.82) is 0 Å². The van der Waals surface area contributed by atoms with Crippen molar-refractivity contribution in [2.75, 3.05) is 13.1 Å². The number of carbonyl (C=O) groups is 4. The molecule has 0 spiro atoms. The van der Waals surface area contributed by atoms with Crippen molar-refractivity contribution in [3.8, 4) is 0 Å². The lowest BCUT2D eigenvalue weighted by atomic mass is 9.71. The quantitative estimate of drug-likeness (QED) is 0.546. The van der Waals surface area contributed by atoms with Crippen LogP contribution in [0.3, 0.4) is 0 Å². The number of hydrogen-bond donors (Lipinski definition) is 2. The van der Waals surface area contributed by atoms with E-state index in [1.165, 1.54) is 4.90 Å². The van der Waals surface area contributed by atoms with Crippen molar-refractivity contribution in [3.05, 3.63) is 71.3 Å². The zero-order chi connectivity index (χ0) is 29.9. The third kappa shape index (κ3) is 6.55. The molecule has 3 amide bonds. The number of ether oxygens (including phenoxy) is 1. The van der Waals surface area contributed by atoms with Crippen LogP contribution in [0.25, 0.3) is 0 Å². The standard InChI is InChI=1S/C32H41N3O6/c1-21(2)26(28(37)38)33-29(39)32(24-13-7-6-8-14-24)15-17-34(18-16-32)27(36)25-19-22-11-9-10-12-23(22)20-35(25)30(40)41-31(3,4)5/h6-14,21,25-26H,15-20H2,1-5H3,(H,33,39)(H,37,38)/t25-,26-/m1/s1. The largest absolute Gasteiger partial charge is 0.480 e. The molecule has 9 nitrogen and oxygen atoms in total. The second-order valence-corrected chi connectivity index (χ2v) is 12.4. The predicted molar refractivity (Wildman–Crippen MR) is 154 cm³/mol. The van der Waals surface area contributed by atoms with Crippen LogP contribution < -0.4 is 5.32 Å². The van der Waals surface area contributed by atoms with Crippen molar-refractivity contribution in [2.45, 2.75) is 83.5 Å². The molecule has 41 heavy (non-hydrogen) atoms. The number of hydrogen-bond acceptors (Lipinski definition) is 5. The first-order valence-electron chi connectivity index (χ1n) is 14.3. The van der Waals surface area contributed by atoms with Gasteiger partial charge in [0.25, 0.3) is 0 Å². The van der Waals surface area contributed by atoms with Crippen molar-refractivity contribution in [1.82, 2.24) is 15.1 Å². The molecule has 0 radical (unpaired) electrons. The van der Waals surface area contributed by atoms with E-state index in [1.54, 1.807) is 39.5 Å². The topological polar surface area (TPSA) is 116 Å². The number of carboxylic acids is 1. The van der Waals surface area contributed by atoms with Crippen LogP contribution in [-0.4, -0.2) is 69.6 Å². The van der Waals surface area contributed by atoms with Crippen LogP contribution in [0, 0.1) is 5.92 Å². The molecule has 0 bridgehead atoms. The van der Waals surface area contributed by atoms with Crippen molar-refractivity contribution in [2.24, 2.45) is 5.92 Å². The third-order valence-electron chi connectivity index (χ3n) is 8.07. The van der Waals surface area contributed by atoms with Crippen molar-refractivity contribution in [3.63, 3.8) is 0 Å². The van der Waals surface area contributed by atoms with Gasteiger partial charge in [-0.2, -0.15) is 0 Å². The van der Waals surface area contributed by atoms with Gasteiger partial charge in [0.1, 0.15) is 17.7 Å². The van der Waals surface area contributed by atoms with E-state index in [1.807, 2.05) is 54.6 Å². The number of likely N-dealkylation sites (tertiary alicyclic amines) is 1. The average Bonchev–Trinajstić information content (AvgIpc) is 2.94. The molecule has 0 aromatic heterocycles. The molecule has 1 saturated heterocycles. The molecule has 0 aliphatic carbocycles. The maximum Gasteiger partial charge on any atom is 0.411 e. The molecule has 2 aromatic carbocycles. The summed E-state index contributed by atoms with van der Waals surface area (Å²) in [4.78, 5) is 56.1. The van der Waals surface area contributed by atoms with Crippen LogP contribution >= 0.6 is 0 Å². The summed E-state index contributed by atoms with van der Waals surface area (Å²) < 4.78 is 5.67. The van der Waals surface area contributed by atoms with Gasteiger partial charge in [0, 0.05) is 19.5 Å². The van der Waals surface area contributed by atoms with E-state index in [2.05, 4.69) is 5.32 Å². The van der Waals surface area contributed by atoms with Gasteiger partial charge in [0.05, 0.1) is 12.0 Å². The number of piperidine rings is 1. The highest BCUT2D eigenvalue weighted by Crippen LogP contribution is 2.37. The maximum atomic E-state index is 14.0. The SMILES string of the molecule is CC(C)[C@@H](NC(=O)C1(c2ccccc2)CCN(C(=O)[C@H]2Cc3ccccc3CN2C(=O)OC(C)(C)C)CC1)C(=O)O. The molecule has 2 aliphatic rings. The minimum absolute atomic E-state index is 0.182. The second kappa shape index (κ2) is 11.9. The van der Waals surface area contributed by atoms with E-state index in [9.17, 15) is 24.3 Å². The van der Waals surface area contributed by atoms with Crippen molar-refractivity contribution < 1.29 is 29.0 Å². The fraction of sp³-hybridized carbons (Fsp3) is 0.500. The number of carbonyl (C=O) groups excluding carboxylic acids is 3. The summed E-state index contributed by atoms with van der Waals surface area (Å²) in [7, 11) is 0. The summed E-state index contributed by atoms with van der Waals surface area (Å²) in [6, 6.07) is 15.4. The molecule has 2 N–H and O–H groups in total. The smallest absolute Gasteiger partial charge is 0.411 e. The molecular weight excluding hydrogens is 522 g/mol. The number of carboxylic acid groups (broad SMARTS) is 1. The summed E-state index contributed by atoms with van der Waals surface area (Å²) in [5.41, 5.74) is 1.11. The van der Waals surface area contributed by atoms with Gasteiger partial charge in [-0.05, 0) is 56.2 Å². The molecule has 1 fully saturated rings. The molecule has 4 rings (SSSR count). The summed E-state index contributed by atoms with van der Waals surface area (Å²) in [5, 5.41) is 12.5. The molecule has 2 heterocycles. The number of aliphatic carboxylic acids is 1. The van der Waals surface area contributed by atoms with Gasteiger partial charge in [0.2, 0.25) is 11.8 Å². The molecule has 9 heteroatoms. The van der Waals surface area contributed by atoms with Gasteiger partial charge < -0.3 is 20.1 Å². The Morgan fingerprint density at radius 3 is 2.10 bits per heavy atom. The minimum Gasteiger partial charge on any atom is -0.480 e. The highest BCUT2D eigenvalue weighted by Gasteiger charge is 2.47. The fourth-order valence-electron chi connectivity index (χ4n) is 5.77. The lowest BCUT2D eigenvalue weighted by Gasteiger charge is -2.44. The van der Waals surface area contributed by atoms with Gasteiger partial charge in [0.15, 0.2) is 0 Å². The Labute approximate surface area is 241 Å². The van der Waals surface area contributed by atoms with E-state index in [-0.39, 0.29) is 24.3 Å². The van der Waals surface area contributed by atoms with Gasteiger partial charge in [-0.3, -0.25) is 14.5 Å². The monoisotopic (exact) mass is 563 g/mol. The number of amides is 3. The minimum atomic E-state index is -1.08.